The Kier molecular flexibility index (Phi) is 6.76. The summed E-state index contributed by atoms with van der Waals surface area (Å²) < 4.78 is 29.7. The van der Waals surface area contributed by atoms with E-state index in [9.17, 15) is 18.4 Å². The fraction of sp³-hybridized carbons (Fsp3) is 0.318. The molecule has 0 saturated heterocycles. The molecule has 0 saturated carbocycles. The highest BCUT2D eigenvalue weighted by atomic mass is 19.1. The van der Waals surface area contributed by atoms with E-state index in [1.807, 2.05) is 28.8 Å². The monoisotopic (exact) mass is 414 g/mol. The van der Waals surface area contributed by atoms with E-state index in [1.165, 1.54) is 6.07 Å². The van der Waals surface area contributed by atoms with Crippen molar-refractivity contribution in [3.8, 4) is 0 Å². The lowest BCUT2D eigenvalue weighted by molar-refractivity contribution is -0.123. The maximum atomic E-state index is 13.8. The Bertz CT molecular complexity index is 1030. The highest BCUT2D eigenvalue weighted by Crippen LogP contribution is 2.14. The summed E-state index contributed by atoms with van der Waals surface area (Å²) >= 11 is 0. The van der Waals surface area contributed by atoms with Crippen LogP contribution in [0.5, 0.6) is 0 Å². The largest absolute Gasteiger partial charge is 0.354 e. The van der Waals surface area contributed by atoms with Gasteiger partial charge in [0.15, 0.2) is 0 Å². The fourth-order valence-electron chi connectivity index (χ4n) is 3.22. The molecule has 0 aliphatic carbocycles. The SMILES string of the molecule is CC(C)[C@H](NC(=O)c1c(F)cccc1F)C(=O)NCCCn1cnc2ccccc21. The van der Waals surface area contributed by atoms with E-state index in [0.717, 1.165) is 23.2 Å². The van der Waals surface area contributed by atoms with Crippen molar-refractivity contribution in [3.05, 3.63) is 66.0 Å². The van der Waals surface area contributed by atoms with Crippen molar-refractivity contribution < 1.29 is 18.4 Å². The number of para-hydroxylation sites is 2. The number of hydrogen-bond donors (Lipinski definition) is 2. The normalized spacial score (nSPS) is 12.2. The number of amides is 2. The van der Waals surface area contributed by atoms with Crippen LogP contribution in [0.1, 0.15) is 30.6 Å². The summed E-state index contributed by atoms with van der Waals surface area (Å²) in [6.45, 7) is 4.55. The lowest BCUT2D eigenvalue weighted by Crippen LogP contribution is -2.50. The van der Waals surface area contributed by atoms with Crippen LogP contribution < -0.4 is 10.6 Å². The van der Waals surface area contributed by atoms with E-state index in [1.54, 1.807) is 20.2 Å². The Morgan fingerprint density at radius 1 is 1.07 bits per heavy atom. The van der Waals surface area contributed by atoms with Gasteiger partial charge in [0.05, 0.1) is 17.4 Å². The zero-order valence-corrected chi connectivity index (χ0v) is 16.9. The predicted molar refractivity (Wildman–Crippen MR) is 110 cm³/mol. The minimum atomic E-state index is -0.969. The number of imidazole rings is 1. The van der Waals surface area contributed by atoms with Crippen molar-refractivity contribution in [2.75, 3.05) is 6.54 Å². The number of carbonyl (C=O) groups is 2. The van der Waals surface area contributed by atoms with Gasteiger partial charge in [0.2, 0.25) is 5.91 Å². The number of rotatable bonds is 8. The minimum Gasteiger partial charge on any atom is -0.354 e. The molecule has 0 unspecified atom stereocenters. The van der Waals surface area contributed by atoms with Crippen LogP contribution in [-0.2, 0) is 11.3 Å². The number of nitrogens with one attached hydrogen (secondary N) is 2. The van der Waals surface area contributed by atoms with Gasteiger partial charge in [-0.25, -0.2) is 13.8 Å². The van der Waals surface area contributed by atoms with Crippen molar-refractivity contribution in [2.24, 2.45) is 5.92 Å². The van der Waals surface area contributed by atoms with Crippen LogP contribution in [0.15, 0.2) is 48.8 Å². The van der Waals surface area contributed by atoms with Crippen LogP contribution in [0.3, 0.4) is 0 Å². The molecular formula is C22H24F2N4O2. The second-order valence-electron chi connectivity index (χ2n) is 7.36. The Morgan fingerprint density at radius 3 is 2.47 bits per heavy atom. The molecule has 3 aromatic rings. The average molecular weight is 414 g/mol. The zero-order valence-electron chi connectivity index (χ0n) is 16.9. The average Bonchev–Trinajstić information content (AvgIpc) is 3.12. The number of hydrogen-bond acceptors (Lipinski definition) is 3. The highest BCUT2D eigenvalue weighted by molar-refractivity contribution is 5.98. The third-order valence-electron chi connectivity index (χ3n) is 4.83. The van der Waals surface area contributed by atoms with Gasteiger partial charge in [-0.15, -0.1) is 0 Å². The van der Waals surface area contributed by atoms with Gasteiger partial charge in [0.25, 0.3) is 5.91 Å². The summed E-state index contributed by atoms with van der Waals surface area (Å²) in [4.78, 5) is 29.2. The standard InChI is InChI=1S/C22H24F2N4O2/c1-14(2)20(27-21(29)19-15(23)7-5-8-16(19)24)22(30)25-11-6-12-28-13-26-17-9-3-4-10-18(17)28/h3-5,7-10,13-14,20H,6,11-12H2,1-2H3,(H,25,30)(H,27,29)/t20-/m0/s1. The van der Waals surface area contributed by atoms with Crippen molar-refractivity contribution in [1.29, 1.82) is 0 Å². The predicted octanol–water partition coefficient (Wildman–Crippen LogP) is 3.28. The molecule has 1 atom stereocenters. The first-order valence-corrected chi connectivity index (χ1v) is 9.81. The molecule has 0 aliphatic rings. The van der Waals surface area contributed by atoms with Crippen LogP contribution in [-0.4, -0.2) is 34.0 Å². The van der Waals surface area contributed by atoms with E-state index in [0.29, 0.717) is 19.5 Å². The Balaban J connectivity index is 1.56. The van der Waals surface area contributed by atoms with Gasteiger partial charge in [-0.05, 0) is 36.6 Å². The van der Waals surface area contributed by atoms with Crippen molar-refractivity contribution in [2.45, 2.75) is 32.9 Å². The number of benzene rings is 2. The first-order valence-electron chi connectivity index (χ1n) is 9.81. The molecule has 0 bridgehead atoms. The van der Waals surface area contributed by atoms with Gasteiger partial charge in [0, 0.05) is 13.1 Å². The van der Waals surface area contributed by atoms with Gasteiger partial charge < -0.3 is 15.2 Å². The van der Waals surface area contributed by atoms with Crippen LogP contribution >= 0.6 is 0 Å². The molecule has 0 spiro atoms. The third-order valence-corrected chi connectivity index (χ3v) is 4.83. The van der Waals surface area contributed by atoms with E-state index in [-0.39, 0.29) is 5.92 Å². The van der Waals surface area contributed by atoms with E-state index in [2.05, 4.69) is 15.6 Å². The molecule has 0 radical (unpaired) electrons. The summed E-state index contributed by atoms with van der Waals surface area (Å²) in [5.41, 5.74) is 1.23. The van der Waals surface area contributed by atoms with Crippen LogP contribution in [0, 0.1) is 17.6 Å². The Labute approximate surface area is 173 Å². The molecule has 30 heavy (non-hydrogen) atoms. The summed E-state index contributed by atoms with van der Waals surface area (Å²) in [5, 5.41) is 5.23. The number of nitrogens with zero attached hydrogens (tertiary/aromatic N) is 2. The lowest BCUT2D eigenvalue weighted by Gasteiger charge is -2.22. The number of fused-ring (bicyclic) bond motifs is 1. The Hall–Kier alpha value is -3.29. The Morgan fingerprint density at radius 2 is 1.77 bits per heavy atom. The van der Waals surface area contributed by atoms with E-state index >= 15 is 0 Å². The van der Waals surface area contributed by atoms with E-state index < -0.39 is 35.1 Å². The number of aromatic nitrogens is 2. The number of aryl methyl sites for hydroxylation is 1. The zero-order chi connectivity index (χ0) is 21.7. The first-order chi connectivity index (χ1) is 14.4. The third kappa shape index (κ3) is 4.82. The molecule has 0 fully saturated rings. The highest BCUT2D eigenvalue weighted by Gasteiger charge is 2.27. The van der Waals surface area contributed by atoms with E-state index in [4.69, 9.17) is 0 Å². The number of halogens is 2. The molecule has 0 aliphatic heterocycles. The van der Waals surface area contributed by atoms with Gasteiger partial charge in [-0.3, -0.25) is 9.59 Å². The molecule has 2 aromatic carbocycles. The summed E-state index contributed by atoms with van der Waals surface area (Å²) in [6, 6.07) is 10.0. The molecular weight excluding hydrogens is 390 g/mol. The second-order valence-corrected chi connectivity index (χ2v) is 7.36. The van der Waals surface area contributed by atoms with Crippen LogP contribution in [0.2, 0.25) is 0 Å². The van der Waals surface area contributed by atoms with Gasteiger partial charge in [-0.2, -0.15) is 0 Å². The van der Waals surface area contributed by atoms with Gasteiger partial charge in [-0.1, -0.05) is 32.0 Å². The maximum Gasteiger partial charge on any atom is 0.257 e. The van der Waals surface area contributed by atoms with Crippen molar-refractivity contribution in [1.82, 2.24) is 20.2 Å². The lowest BCUT2D eigenvalue weighted by atomic mass is 10.0. The molecule has 158 valence electrons. The first kappa shape index (κ1) is 21.4. The van der Waals surface area contributed by atoms with Gasteiger partial charge >= 0.3 is 0 Å². The quantitative estimate of drug-likeness (QED) is 0.556. The smallest absolute Gasteiger partial charge is 0.257 e. The summed E-state index contributed by atoms with van der Waals surface area (Å²) in [6.07, 6.45) is 2.42. The van der Waals surface area contributed by atoms with Gasteiger partial charge in [0.1, 0.15) is 23.2 Å². The fourth-order valence-corrected chi connectivity index (χ4v) is 3.22. The summed E-state index contributed by atoms with van der Waals surface area (Å²) in [5.74, 6) is -3.55. The molecule has 8 heteroatoms. The topological polar surface area (TPSA) is 76.0 Å². The molecule has 3 rings (SSSR count). The second kappa shape index (κ2) is 9.47. The molecule has 1 heterocycles. The molecule has 2 amide bonds. The molecule has 6 nitrogen and oxygen atoms in total. The van der Waals surface area contributed by atoms with Crippen molar-refractivity contribution >= 4 is 22.8 Å². The summed E-state index contributed by atoms with van der Waals surface area (Å²) in [7, 11) is 0. The van der Waals surface area contributed by atoms with Crippen LogP contribution in [0.4, 0.5) is 8.78 Å². The maximum absolute atomic E-state index is 13.8. The number of carbonyl (C=O) groups excluding carboxylic acids is 2. The molecule has 2 N–H and O–H groups in total. The molecule has 1 aromatic heterocycles. The minimum absolute atomic E-state index is 0.263. The van der Waals surface area contributed by atoms with Crippen LogP contribution in [0.25, 0.3) is 11.0 Å². The van der Waals surface area contributed by atoms with Crippen molar-refractivity contribution in [3.63, 3.8) is 0 Å².